The Morgan fingerprint density at radius 3 is 2.52 bits per heavy atom. The number of rotatable bonds is 6. The lowest BCUT2D eigenvalue weighted by Crippen LogP contribution is -2.12. The van der Waals surface area contributed by atoms with Crippen molar-refractivity contribution in [2.45, 2.75) is 13.1 Å². The number of nitrogens with zero attached hydrogens (tertiary/aromatic N) is 1. The maximum Gasteiger partial charge on any atom is 0.269 e. The number of hydrogen-bond acceptors (Lipinski definition) is 4. The van der Waals surface area contributed by atoms with E-state index in [1.54, 1.807) is 19.2 Å². The van der Waals surface area contributed by atoms with Crippen molar-refractivity contribution < 1.29 is 9.66 Å². The van der Waals surface area contributed by atoms with Crippen molar-refractivity contribution in [3.63, 3.8) is 0 Å². The number of halogens is 1. The summed E-state index contributed by atoms with van der Waals surface area (Å²) in [5, 5.41) is 14.0. The molecule has 0 saturated heterocycles. The first-order valence-electron chi connectivity index (χ1n) is 6.36. The molecule has 0 unspecified atom stereocenters. The summed E-state index contributed by atoms with van der Waals surface area (Å²) in [6.45, 7) is 1.25. The summed E-state index contributed by atoms with van der Waals surface area (Å²) < 4.78 is 6.08. The van der Waals surface area contributed by atoms with E-state index >= 15 is 0 Å². The van der Waals surface area contributed by atoms with Crippen LogP contribution in [0.15, 0.2) is 46.9 Å². The Labute approximate surface area is 131 Å². The van der Waals surface area contributed by atoms with Crippen molar-refractivity contribution >= 4 is 21.6 Å². The molecule has 0 radical (unpaired) electrons. The van der Waals surface area contributed by atoms with E-state index in [4.69, 9.17) is 4.74 Å². The minimum atomic E-state index is -0.385. The average molecular weight is 351 g/mol. The lowest BCUT2D eigenvalue weighted by molar-refractivity contribution is -0.384. The third-order valence-electron chi connectivity index (χ3n) is 3.00. The molecule has 2 aromatic rings. The van der Waals surface area contributed by atoms with E-state index in [9.17, 15) is 10.1 Å². The van der Waals surface area contributed by atoms with E-state index in [1.165, 1.54) is 6.07 Å². The number of nitro benzene ring substituents is 1. The molecule has 2 rings (SSSR count). The Kier molecular flexibility index (Phi) is 5.30. The first-order valence-corrected chi connectivity index (χ1v) is 7.16. The van der Waals surface area contributed by atoms with Gasteiger partial charge >= 0.3 is 0 Å². The highest BCUT2D eigenvalue weighted by atomic mass is 79.9. The lowest BCUT2D eigenvalue weighted by atomic mass is 10.2. The first kappa shape index (κ1) is 15.5. The molecular weight excluding hydrogens is 336 g/mol. The molecule has 0 bridgehead atoms. The molecular formula is C15H15BrN2O3. The van der Waals surface area contributed by atoms with Gasteiger partial charge < -0.3 is 10.1 Å². The fraction of sp³-hybridized carbons (Fsp3) is 0.200. The standard InChI is InChI=1S/C15H15BrN2O3/c1-21-15-6-5-12(8-14(15)16)10-17-9-11-3-2-4-13(7-11)18(19)20/h2-8,17H,9-10H2,1H3. The molecule has 0 atom stereocenters. The molecule has 0 heterocycles. The van der Waals surface area contributed by atoms with Gasteiger partial charge in [-0.2, -0.15) is 0 Å². The Morgan fingerprint density at radius 1 is 1.19 bits per heavy atom. The first-order chi connectivity index (χ1) is 10.1. The topological polar surface area (TPSA) is 64.4 Å². The van der Waals surface area contributed by atoms with Crippen LogP contribution in [0, 0.1) is 10.1 Å². The van der Waals surface area contributed by atoms with Gasteiger partial charge in [0.1, 0.15) is 5.75 Å². The molecule has 6 heteroatoms. The van der Waals surface area contributed by atoms with Crippen LogP contribution in [0.2, 0.25) is 0 Å². The van der Waals surface area contributed by atoms with Gasteiger partial charge in [-0.3, -0.25) is 10.1 Å². The Balaban J connectivity index is 1.93. The van der Waals surface area contributed by atoms with E-state index in [1.807, 2.05) is 24.3 Å². The molecule has 110 valence electrons. The fourth-order valence-electron chi connectivity index (χ4n) is 1.95. The second-order valence-corrected chi connectivity index (χ2v) is 5.35. The van der Waals surface area contributed by atoms with E-state index in [0.717, 1.165) is 21.3 Å². The normalized spacial score (nSPS) is 10.4. The SMILES string of the molecule is COc1ccc(CNCc2cccc([N+](=O)[O-])c2)cc1Br. The Bertz CT molecular complexity index is 647. The molecule has 0 aliphatic heterocycles. The monoisotopic (exact) mass is 350 g/mol. The van der Waals surface area contributed by atoms with Gasteiger partial charge in [0.2, 0.25) is 0 Å². The maximum atomic E-state index is 10.7. The van der Waals surface area contributed by atoms with E-state index in [2.05, 4.69) is 21.2 Å². The van der Waals surface area contributed by atoms with Crippen LogP contribution < -0.4 is 10.1 Å². The highest BCUT2D eigenvalue weighted by molar-refractivity contribution is 9.10. The van der Waals surface area contributed by atoms with Crippen LogP contribution in [0.25, 0.3) is 0 Å². The molecule has 0 saturated carbocycles. The number of nitrogens with one attached hydrogen (secondary N) is 1. The summed E-state index contributed by atoms with van der Waals surface area (Å²) in [4.78, 5) is 10.3. The molecule has 0 aromatic heterocycles. The van der Waals surface area contributed by atoms with Crippen LogP contribution in [0.1, 0.15) is 11.1 Å². The third-order valence-corrected chi connectivity index (χ3v) is 3.62. The van der Waals surface area contributed by atoms with Gasteiger partial charge in [0.15, 0.2) is 0 Å². The molecule has 21 heavy (non-hydrogen) atoms. The summed E-state index contributed by atoms with van der Waals surface area (Å²) in [5.74, 6) is 0.789. The van der Waals surface area contributed by atoms with E-state index in [0.29, 0.717) is 13.1 Å². The largest absolute Gasteiger partial charge is 0.496 e. The highest BCUT2D eigenvalue weighted by Crippen LogP contribution is 2.25. The van der Waals surface area contributed by atoms with Gasteiger partial charge in [-0.05, 0) is 39.2 Å². The van der Waals surface area contributed by atoms with E-state index in [-0.39, 0.29) is 10.6 Å². The van der Waals surface area contributed by atoms with Gasteiger partial charge in [-0.25, -0.2) is 0 Å². The lowest BCUT2D eigenvalue weighted by Gasteiger charge is -2.08. The summed E-state index contributed by atoms with van der Waals surface area (Å²) >= 11 is 3.44. The van der Waals surface area contributed by atoms with Crippen molar-refractivity contribution in [1.82, 2.24) is 5.32 Å². The Morgan fingerprint density at radius 2 is 1.90 bits per heavy atom. The minimum Gasteiger partial charge on any atom is -0.496 e. The average Bonchev–Trinajstić information content (AvgIpc) is 2.48. The van der Waals surface area contributed by atoms with Crippen LogP contribution in [0.3, 0.4) is 0 Å². The fourth-order valence-corrected chi connectivity index (χ4v) is 2.54. The second-order valence-electron chi connectivity index (χ2n) is 4.50. The van der Waals surface area contributed by atoms with Crippen molar-refractivity contribution in [2.75, 3.05) is 7.11 Å². The van der Waals surface area contributed by atoms with Crippen molar-refractivity contribution in [3.05, 3.63) is 68.2 Å². The van der Waals surface area contributed by atoms with Crippen LogP contribution in [0.4, 0.5) is 5.69 Å². The van der Waals surface area contributed by atoms with Crippen LogP contribution in [0.5, 0.6) is 5.75 Å². The number of hydrogen-bond donors (Lipinski definition) is 1. The Hall–Kier alpha value is -1.92. The quantitative estimate of drug-likeness (QED) is 0.637. The number of nitro groups is 1. The summed E-state index contributed by atoms with van der Waals surface area (Å²) in [7, 11) is 1.63. The molecule has 1 N–H and O–H groups in total. The minimum absolute atomic E-state index is 0.112. The van der Waals surface area contributed by atoms with Crippen molar-refractivity contribution in [2.24, 2.45) is 0 Å². The second kappa shape index (κ2) is 7.19. The molecule has 0 amide bonds. The molecule has 0 spiro atoms. The molecule has 0 aliphatic carbocycles. The summed E-state index contributed by atoms with van der Waals surface area (Å²) in [6.07, 6.45) is 0. The maximum absolute atomic E-state index is 10.7. The van der Waals surface area contributed by atoms with Gasteiger partial charge in [0.05, 0.1) is 16.5 Å². The highest BCUT2D eigenvalue weighted by Gasteiger charge is 2.05. The predicted octanol–water partition coefficient (Wildman–Crippen LogP) is 3.66. The van der Waals surface area contributed by atoms with Gasteiger partial charge in [-0.15, -0.1) is 0 Å². The summed E-state index contributed by atoms with van der Waals surface area (Å²) in [5.41, 5.74) is 2.10. The van der Waals surface area contributed by atoms with Gasteiger partial charge in [-0.1, -0.05) is 18.2 Å². The predicted molar refractivity (Wildman–Crippen MR) is 84.3 cm³/mol. The smallest absolute Gasteiger partial charge is 0.269 e. The van der Waals surface area contributed by atoms with Crippen LogP contribution >= 0.6 is 15.9 Å². The van der Waals surface area contributed by atoms with Crippen molar-refractivity contribution in [1.29, 1.82) is 0 Å². The molecule has 2 aromatic carbocycles. The van der Waals surface area contributed by atoms with Crippen molar-refractivity contribution in [3.8, 4) is 5.75 Å². The van der Waals surface area contributed by atoms with E-state index < -0.39 is 0 Å². The zero-order valence-corrected chi connectivity index (χ0v) is 13.1. The van der Waals surface area contributed by atoms with Gasteiger partial charge in [0, 0.05) is 25.2 Å². The number of ether oxygens (including phenoxy) is 1. The molecule has 0 aliphatic rings. The molecule has 0 fully saturated rings. The summed E-state index contributed by atoms with van der Waals surface area (Å²) in [6, 6.07) is 12.5. The van der Waals surface area contributed by atoms with Gasteiger partial charge in [0.25, 0.3) is 5.69 Å². The van der Waals surface area contributed by atoms with Crippen LogP contribution in [-0.2, 0) is 13.1 Å². The number of non-ortho nitro benzene ring substituents is 1. The van der Waals surface area contributed by atoms with Crippen LogP contribution in [-0.4, -0.2) is 12.0 Å². The molecule has 5 nitrogen and oxygen atoms in total. The zero-order valence-electron chi connectivity index (χ0n) is 11.5. The number of methoxy groups -OCH3 is 1. The third kappa shape index (κ3) is 4.27. The zero-order chi connectivity index (χ0) is 15.2. The number of benzene rings is 2.